The largest absolute Gasteiger partial charge is 0.456 e. The zero-order valence-corrected chi connectivity index (χ0v) is 35.2. The minimum atomic E-state index is 0.755. The summed E-state index contributed by atoms with van der Waals surface area (Å²) in [6.45, 7) is 0. The Morgan fingerprint density at radius 3 is 1.57 bits per heavy atom. The number of anilines is 8. The van der Waals surface area contributed by atoms with Gasteiger partial charge in [-0.25, -0.2) is 0 Å². The van der Waals surface area contributed by atoms with Crippen molar-refractivity contribution in [3.05, 3.63) is 231 Å². The maximum absolute atomic E-state index is 6.49. The molecule has 13 rings (SSSR count). The number of nitrogens with zero attached hydrogens (tertiary/aromatic N) is 2. The van der Waals surface area contributed by atoms with Gasteiger partial charge in [-0.2, -0.15) is 0 Å². The topological polar surface area (TPSA) is 44.8 Å². The van der Waals surface area contributed by atoms with E-state index < -0.39 is 0 Å². The lowest BCUT2D eigenvalue weighted by atomic mass is 9.89. The van der Waals surface area contributed by atoms with Gasteiger partial charge in [0.15, 0.2) is 0 Å². The maximum Gasteiger partial charge on any atom is 0.205 e. The van der Waals surface area contributed by atoms with Gasteiger partial charge in [-0.1, -0.05) is 127 Å². The summed E-state index contributed by atoms with van der Waals surface area (Å²) in [5.74, 6) is 1.58. The molecule has 0 fully saturated rings. The van der Waals surface area contributed by atoms with Crippen LogP contribution in [-0.2, 0) is 0 Å². The molecule has 0 bridgehead atoms. The van der Waals surface area contributed by atoms with E-state index in [1.165, 1.54) is 43.1 Å². The first-order valence-corrected chi connectivity index (χ1v) is 22.0. The van der Waals surface area contributed by atoms with Crippen LogP contribution in [0.4, 0.5) is 45.7 Å². The molecule has 0 aliphatic heterocycles. The predicted octanol–water partition coefficient (Wildman–Crippen LogP) is 17.6. The fourth-order valence-corrected chi connectivity index (χ4v) is 9.83. The second-order valence-corrected chi connectivity index (χ2v) is 16.6. The monoisotopic (exact) mass is 833 g/mol. The minimum absolute atomic E-state index is 0.755. The van der Waals surface area contributed by atoms with Crippen molar-refractivity contribution in [3.63, 3.8) is 0 Å². The van der Waals surface area contributed by atoms with Crippen LogP contribution in [0.2, 0.25) is 0 Å². The van der Waals surface area contributed by atoms with Crippen molar-refractivity contribution in [2.45, 2.75) is 0 Å². The Labute approximate surface area is 375 Å². The second kappa shape index (κ2) is 14.9. The van der Waals surface area contributed by atoms with Gasteiger partial charge in [0.1, 0.15) is 16.9 Å². The van der Waals surface area contributed by atoms with Crippen LogP contribution in [0.3, 0.4) is 0 Å². The molecule has 0 radical (unpaired) electrons. The molecule has 11 aromatic carbocycles. The highest BCUT2D eigenvalue weighted by Crippen LogP contribution is 2.47. The number of hydrogen-bond acceptors (Lipinski definition) is 5. The first-order valence-electron chi connectivity index (χ1n) is 22.0. The van der Waals surface area contributed by atoms with Crippen molar-refractivity contribution >= 4 is 111 Å². The molecule has 0 saturated heterocycles. The molecule has 0 spiro atoms. The van der Waals surface area contributed by atoms with Crippen molar-refractivity contribution in [3.8, 4) is 11.3 Å². The maximum atomic E-state index is 6.49. The lowest BCUT2D eigenvalue weighted by Crippen LogP contribution is -2.12. The number of furan rings is 2. The van der Waals surface area contributed by atoms with E-state index in [4.69, 9.17) is 8.83 Å². The quantitative estimate of drug-likeness (QED) is 0.116. The van der Waals surface area contributed by atoms with Gasteiger partial charge in [0.05, 0.1) is 5.69 Å². The fraction of sp³-hybridized carbons (Fsp3) is 0. The van der Waals surface area contributed by atoms with Crippen LogP contribution in [0, 0.1) is 0 Å². The highest BCUT2D eigenvalue weighted by molar-refractivity contribution is 6.34. The first kappa shape index (κ1) is 36.8. The number of benzene rings is 11. The third-order valence-corrected chi connectivity index (χ3v) is 12.8. The van der Waals surface area contributed by atoms with Crippen LogP contribution in [0.15, 0.2) is 239 Å². The molecule has 65 heavy (non-hydrogen) atoms. The van der Waals surface area contributed by atoms with Gasteiger partial charge >= 0.3 is 0 Å². The summed E-state index contributed by atoms with van der Waals surface area (Å²) in [4.78, 5) is 4.56. The third-order valence-electron chi connectivity index (χ3n) is 12.8. The van der Waals surface area contributed by atoms with Gasteiger partial charge in [0.2, 0.25) is 5.88 Å². The third kappa shape index (κ3) is 6.16. The van der Waals surface area contributed by atoms with E-state index in [1.807, 2.05) is 42.5 Å². The zero-order valence-electron chi connectivity index (χ0n) is 35.2. The molecule has 1 N–H and O–H groups in total. The molecule has 5 heteroatoms. The van der Waals surface area contributed by atoms with E-state index in [0.29, 0.717) is 0 Å². The van der Waals surface area contributed by atoms with E-state index in [0.717, 1.165) is 79.0 Å². The van der Waals surface area contributed by atoms with Crippen molar-refractivity contribution in [1.82, 2.24) is 0 Å². The highest BCUT2D eigenvalue weighted by Gasteiger charge is 2.22. The molecular weight excluding hydrogens is 795 g/mol. The second-order valence-electron chi connectivity index (χ2n) is 16.6. The Bertz CT molecular complexity index is 3750. The Hall–Kier alpha value is -8.80. The zero-order chi connectivity index (χ0) is 42.8. The van der Waals surface area contributed by atoms with E-state index in [-0.39, 0.29) is 0 Å². The molecule has 0 atom stereocenters. The lowest BCUT2D eigenvalue weighted by molar-refractivity contribution is 0.621. The number of nitrogens with one attached hydrogen (secondary N) is 1. The minimum Gasteiger partial charge on any atom is -0.456 e. The predicted molar refractivity (Wildman–Crippen MR) is 272 cm³/mol. The van der Waals surface area contributed by atoms with Crippen LogP contribution in [-0.4, -0.2) is 0 Å². The summed E-state index contributed by atoms with van der Waals surface area (Å²) in [7, 11) is 0. The van der Waals surface area contributed by atoms with Crippen molar-refractivity contribution in [2.75, 3.05) is 15.1 Å². The molecule has 13 aromatic rings. The summed E-state index contributed by atoms with van der Waals surface area (Å²) in [5.41, 5.74) is 9.83. The number of fused-ring (bicyclic) bond motifs is 4. The van der Waals surface area contributed by atoms with Gasteiger partial charge < -0.3 is 19.1 Å². The van der Waals surface area contributed by atoms with E-state index in [9.17, 15) is 0 Å². The lowest BCUT2D eigenvalue weighted by Gasteiger charge is -2.29. The van der Waals surface area contributed by atoms with Crippen LogP contribution >= 0.6 is 0 Å². The molecule has 0 unspecified atom stereocenters. The van der Waals surface area contributed by atoms with Gasteiger partial charge in [-0.3, -0.25) is 4.90 Å². The van der Waals surface area contributed by atoms with Gasteiger partial charge in [-0.05, 0) is 135 Å². The van der Waals surface area contributed by atoms with Crippen LogP contribution in [0.1, 0.15) is 0 Å². The number of hydrogen-bond donors (Lipinski definition) is 1. The summed E-state index contributed by atoms with van der Waals surface area (Å²) in [6.07, 6.45) is 0. The first-order chi connectivity index (χ1) is 32.2. The number of rotatable bonds is 9. The molecule has 306 valence electrons. The Kier molecular flexibility index (Phi) is 8.46. The molecule has 0 aliphatic carbocycles. The summed E-state index contributed by atoms with van der Waals surface area (Å²) in [5, 5.41) is 15.9. The van der Waals surface area contributed by atoms with Crippen LogP contribution in [0.5, 0.6) is 0 Å². The average molecular weight is 834 g/mol. The Morgan fingerprint density at radius 1 is 0.338 bits per heavy atom. The summed E-state index contributed by atoms with van der Waals surface area (Å²) >= 11 is 0. The van der Waals surface area contributed by atoms with Crippen molar-refractivity contribution in [2.24, 2.45) is 0 Å². The summed E-state index contributed by atoms with van der Waals surface area (Å²) in [6, 6.07) is 81.5. The van der Waals surface area contributed by atoms with Crippen molar-refractivity contribution in [1.29, 1.82) is 0 Å². The fourth-order valence-electron chi connectivity index (χ4n) is 9.83. The SMILES string of the molecule is c1ccc(N(c2ccc(N(c3ccc(Nc4ccccc4-c4cc5ccccc5o4)cc3)c3ccc4c5cccc6cccc(c7cccc3c74)c65)cc2)c2cc3ccccc3o2)cc1. The highest BCUT2D eigenvalue weighted by atomic mass is 16.4. The number of para-hydroxylation sites is 4. The van der Waals surface area contributed by atoms with Gasteiger partial charge in [-0.15, -0.1) is 0 Å². The van der Waals surface area contributed by atoms with E-state index in [2.05, 4.69) is 203 Å². The smallest absolute Gasteiger partial charge is 0.205 e. The molecule has 0 saturated carbocycles. The molecule has 0 aliphatic rings. The normalized spacial score (nSPS) is 11.7. The van der Waals surface area contributed by atoms with Crippen LogP contribution in [0.25, 0.3) is 76.4 Å². The molecule has 0 amide bonds. The molecule has 2 aromatic heterocycles. The van der Waals surface area contributed by atoms with E-state index >= 15 is 0 Å². The Morgan fingerprint density at radius 2 is 0.862 bits per heavy atom. The van der Waals surface area contributed by atoms with Crippen LogP contribution < -0.4 is 15.1 Å². The summed E-state index contributed by atoms with van der Waals surface area (Å²) < 4.78 is 12.8. The Balaban J connectivity index is 0.947. The van der Waals surface area contributed by atoms with E-state index in [1.54, 1.807) is 0 Å². The molecule has 5 nitrogen and oxygen atoms in total. The average Bonchev–Trinajstić information content (AvgIpc) is 4.00. The van der Waals surface area contributed by atoms with Gasteiger partial charge in [0, 0.05) is 61.9 Å². The molecule has 2 heterocycles. The van der Waals surface area contributed by atoms with Gasteiger partial charge in [0.25, 0.3) is 0 Å². The standard InChI is InChI=1S/C60H39N3O2/c1-2-17-43(18-3-1)63(58-38-41-14-5-9-26-56(41)65-58)46-33-31-45(32-34-46)62(54-36-35-50-48-21-11-16-39-15-10-20-47(59(39)48)49-22-12-23-52(54)60(49)50)44-29-27-42(28-30-44)61-53-24-7-6-19-51(53)57-37-40-13-4-8-25-55(40)64-57/h1-38,61H. The van der Waals surface area contributed by atoms with Crippen molar-refractivity contribution < 1.29 is 8.83 Å². The molecular formula is C60H39N3O2.